The van der Waals surface area contributed by atoms with E-state index in [0.717, 1.165) is 5.56 Å². The van der Waals surface area contributed by atoms with Crippen LogP contribution in [0.5, 0.6) is 0 Å². The second-order valence-corrected chi connectivity index (χ2v) is 5.20. The van der Waals surface area contributed by atoms with E-state index in [9.17, 15) is 15.0 Å². The number of carbonyl (C=O) groups is 1. The Morgan fingerprint density at radius 1 is 1.21 bits per heavy atom. The van der Waals surface area contributed by atoms with E-state index in [1.807, 2.05) is 0 Å². The van der Waals surface area contributed by atoms with Crippen molar-refractivity contribution >= 4 is 35.2 Å². The van der Waals surface area contributed by atoms with Crippen LogP contribution < -0.4 is 0 Å². The Morgan fingerprint density at radius 3 is 2.42 bits per heavy atom. The molecule has 1 aromatic rings. The molecule has 0 radical (unpaired) electrons. The lowest BCUT2D eigenvalue weighted by Gasteiger charge is -2.12. The molecule has 2 N–H and O–H groups in total. The van der Waals surface area contributed by atoms with Crippen LogP contribution in [0.4, 0.5) is 0 Å². The third kappa shape index (κ3) is 3.48. The molecular formula is C13H13Cl2NO3. The minimum atomic E-state index is -0.873. The van der Waals surface area contributed by atoms with E-state index >= 15 is 0 Å². The number of carbonyl (C=O) groups excluding carboxylic acids is 1. The normalized spacial score (nSPS) is 23.3. The topological polar surface area (TPSA) is 60.8 Å². The number of rotatable bonds is 2. The summed E-state index contributed by atoms with van der Waals surface area (Å²) in [5, 5.41) is 19.6. The molecule has 102 valence electrons. The van der Waals surface area contributed by atoms with Gasteiger partial charge in [0.05, 0.1) is 22.3 Å². The molecule has 19 heavy (non-hydrogen) atoms. The van der Waals surface area contributed by atoms with Crippen LogP contribution in [0.15, 0.2) is 24.3 Å². The number of β-amino-alcohol motifs (C(OH)–C–C–N with tert-alkyl or cyclic N) is 2. The third-order valence-electron chi connectivity index (χ3n) is 2.93. The van der Waals surface area contributed by atoms with Crippen molar-refractivity contribution in [2.24, 2.45) is 0 Å². The zero-order valence-corrected chi connectivity index (χ0v) is 11.5. The molecule has 6 heteroatoms. The van der Waals surface area contributed by atoms with Crippen molar-refractivity contribution in [3.63, 3.8) is 0 Å². The van der Waals surface area contributed by atoms with Crippen LogP contribution >= 0.6 is 23.2 Å². The summed E-state index contributed by atoms with van der Waals surface area (Å²) in [5.74, 6) is -0.262. The summed E-state index contributed by atoms with van der Waals surface area (Å²) in [6.45, 7) is 0.289. The molecule has 0 aromatic heterocycles. The average Bonchev–Trinajstić information content (AvgIpc) is 2.71. The van der Waals surface area contributed by atoms with Gasteiger partial charge >= 0.3 is 0 Å². The predicted octanol–water partition coefficient (Wildman–Crippen LogP) is 1.57. The molecule has 0 bridgehead atoms. The number of halogens is 2. The second-order valence-electron chi connectivity index (χ2n) is 4.38. The number of aliphatic hydroxyl groups excluding tert-OH is 2. The summed E-state index contributed by atoms with van der Waals surface area (Å²) in [4.78, 5) is 13.2. The summed E-state index contributed by atoms with van der Waals surface area (Å²) in [6.07, 6.45) is 1.25. The average molecular weight is 302 g/mol. The van der Waals surface area contributed by atoms with Gasteiger partial charge in [0.2, 0.25) is 5.91 Å². The number of nitrogens with zero attached hydrogens (tertiary/aromatic N) is 1. The smallest absolute Gasteiger partial charge is 0.246 e. The first kappa shape index (κ1) is 14.3. The number of benzene rings is 1. The zero-order chi connectivity index (χ0) is 14.0. The lowest BCUT2D eigenvalue weighted by Crippen LogP contribution is -2.27. The molecule has 4 nitrogen and oxygen atoms in total. The molecule has 1 fully saturated rings. The first-order chi connectivity index (χ1) is 8.97. The quantitative estimate of drug-likeness (QED) is 0.815. The van der Waals surface area contributed by atoms with Crippen molar-refractivity contribution in [2.45, 2.75) is 12.2 Å². The molecule has 0 aliphatic carbocycles. The molecule has 1 aromatic carbocycles. The van der Waals surface area contributed by atoms with E-state index in [1.54, 1.807) is 24.3 Å². The Labute approximate surface area is 120 Å². The fourth-order valence-electron chi connectivity index (χ4n) is 1.84. The number of aliphatic hydroxyl groups is 2. The molecule has 1 aliphatic rings. The molecule has 1 amide bonds. The van der Waals surface area contributed by atoms with Gasteiger partial charge in [-0.15, -0.1) is 0 Å². The largest absolute Gasteiger partial charge is 0.388 e. The van der Waals surface area contributed by atoms with E-state index in [4.69, 9.17) is 23.2 Å². The van der Waals surface area contributed by atoms with Crippen molar-refractivity contribution in [3.05, 3.63) is 39.9 Å². The van der Waals surface area contributed by atoms with Gasteiger partial charge in [0, 0.05) is 19.2 Å². The predicted molar refractivity (Wildman–Crippen MR) is 74.1 cm³/mol. The summed E-state index contributed by atoms with van der Waals surface area (Å²) in [7, 11) is 0. The highest BCUT2D eigenvalue weighted by atomic mass is 35.5. The lowest BCUT2D eigenvalue weighted by molar-refractivity contribution is -0.125. The van der Waals surface area contributed by atoms with Crippen LogP contribution in [0, 0.1) is 0 Å². The van der Waals surface area contributed by atoms with Gasteiger partial charge in [0.1, 0.15) is 0 Å². The minimum Gasteiger partial charge on any atom is -0.388 e. The molecule has 0 unspecified atom stereocenters. The molecule has 2 atom stereocenters. The SMILES string of the molecule is O=C(C=Cc1ccc(Cl)c(Cl)c1)N1C[C@@H](O)[C@@H](O)C1. The van der Waals surface area contributed by atoms with Crippen LogP contribution in [0.1, 0.15) is 5.56 Å². The Balaban J connectivity index is 2.02. The van der Waals surface area contributed by atoms with Crippen molar-refractivity contribution in [1.82, 2.24) is 4.90 Å². The van der Waals surface area contributed by atoms with Crippen LogP contribution in [0.2, 0.25) is 10.0 Å². The molecule has 0 saturated carbocycles. The highest BCUT2D eigenvalue weighted by Gasteiger charge is 2.31. The van der Waals surface area contributed by atoms with E-state index in [2.05, 4.69) is 0 Å². The van der Waals surface area contributed by atoms with E-state index in [1.165, 1.54) is 11.0 Å². The van der Waals surface area contributed by atoms with E-state index < -0.39 is 12.2 Å². The summed E-state index contributed by atoms with van der Waals surface area (Å²) < 4.78 is 0. The third-order valence-corrected chi connectivity index (χ3v) is 3.67. The van der Waals surface area contributed by atoms with Crippen LogP contribution in [-0.2, 0) is 4.79 Å². The highest BCUT2D eigenvalue weighted by molar-refractivity contribution is 6.42. The van der Waals surface area contributed by atoms with Crippen LogP contribution in [0.3, 0.4) is 0 Å². The van der Waals surface area contributed by atoms with Gasteiger partial charge in [-0.3, -0.25) is 4.79 Å². The first-order valence-electron chi connectivity index (χ1n) is 5.75. The summed E-state index contributed by atoms with van der Waals surface area (Å²) in [5.41, 5.74) is 0.753. The standard InChI is InChI=1S/C13H13Cl2NO3/c14-9-3-1-8(5-10(9)15)2-4-13(19)16-6-11(17)12(18)7-16/h1-5,11-12,17-18H,6-7H2/t11-,12+. The van der Waals surface area contributed by atoms with Crippen LogP contribution in [-0.4, -0.2) is 46.3 Å². The fourth-order valence-corrected chi connectivity index (χ4v) is 2.14. The van der Waals surface area contributed by atoms with Gasteiger partial charge < -0.3 is 15.1 Å². The van der Waals surface area contributed by atoms with E-state index in [-0.39, 0.29) is 19.0 Å². The van der Waals surface area contributed by atoms with Crippen molar-refractivity contribution in [3.8, 4) is 0 Å². The number of likely N-dealkylation sites (tertiary alicyclic amines) is 1. The maximum Gasteiger partial charge on any atom is 0.246 e. The fraction of sp³-hybridized carbons (Fsp3) is 0.308. The van der Waals surface area contributed by atoms with Gasteiger partial charge in [-0.2, -0.15) is 0 Å². The molecule has 1 aliphatic heterocycles. The molecule has 2 rings (SSSR count). The lowest BCUT2D eigenvalue weighted by atomic mass is 10.2. The Kier molecular flexibility index (Phi) is 4.47. The number of hydrogen-bond acceptors (Lipinski definition) is 3. The molecule has 1 heterocycles. The van der Waals surface area contributed by atoms with Gasteiger partial charge in [0.25, 0.3) is 0 Å². The first-order valence-corrected chi connectivity index (χ1v) is 6.51. The maximum absolute atomic E-state index is 11.8. The van der Waals surface area contributed by atoms with Gasteiger partial charge in [-0.1, -0.05) is 29.3 Å². The highest BCUT2D eigenvalue weighted by Crippen LogP contribution is 2.23. The Bertz CT molecular complexity index is 509. The zero-order valence-electron chi connectivity index (χ0n) is 9.96. The summed E-state index contributed by atoms with van der Waals surface area (Å²) >= 11 is 11.7. The van der Waals surface area contributed by atoms with Gasteiger partial charge in [-0.25, -0.2) is 0 Å². The molecule has 0 spiro atoms. The van der Waals surface area contributed by atoms with Crippen molar-refractivity contribution < 1.29 is 15.0 Å². The van der Waals surface area contributed by atoms with Crippen molar-refractivity contribution in [2.75, 3.05) is 13.1 Å². The Hall–Kier alpha value is -1.07. The Morgan fingerprint density at radius 2 is 1.84 bits per heavy atom. The second kappa shape index (κ2) is 5.92. The number of amides is 1. The maximum atomic E-state index is 11.8. The van der Waals surface area contributed by atoms with Gasteiger partial charge in [0.15, 0.2) is 0 Å². The molecule has 1 saturated heterocycles. The number of hydrogen-bond donors (Lipinski definition) is 2. The molecular weight excluding hydrogens is 289 g/mol. The van der Waals surface area contributed by atoms with Crippen molar-refractivity contribution in [1.29, 1.82) is 0 Å². The van der Waals surface area contributed by atoms with E-state index in [0.29, 0.717) is 10.0 Å². The van der Waals surface area contributed by atoms with Crippen LogP contribution in [0.25, 0.3) is 6.08 Å². The monoisotopic (exact) mass is 301 g/mol. The summed E-state index contributed by atoms with van der Waals surface area (Å²) in [6, 6.07) is 5.05. The van der Waals surface area contributed by atoms with Gasteiger partial charge in [-0.05, 0) is 23.8 Å². The minimum absolute atomic E-state index is 0.145.